The fourth-order valence-corrected chi connectivity index (χ4v) is 2.91. The number of rotatable bonds is 2. The summed E-state index contributed by atoms with van der Waals surface area (Å²) in [6.07, 6.45) is -0.730. The van der Waals surface area contributed by atoms with Crippen LogP contribution in [-0.4, -0.2) is 53.7 Å². The molecule has 1 saturated heterocycles. The van der Waals surface area contributed by atoms with E-state index in [0.29, 0.717) is 12.6 Å². The molecule has 1 heterocycles. The minimum atomic E-state index is -0.730. The summed E-state index contributed by atoms with van der Waals surface area (Å²) >= 11 is 0. The van der Waals surface area contributed by atoms with Crippen LogP contribution in [-0.2, 0) is 0 Å². The van der Waals surface area contributed by atoms with Crippen molar-refractivity contribution in [3.8, 4) is 0 Å². The molecule has 0 aromatic rings. The molecule has 2 nitrogen and oxygen atoms in total. The van der Waals surface area contributed by atoms with Gasteiger partial charge in [0.15, 0.2) is 0 Å². The van der Waals surface area contributed by atoms with E-state index in [1.807, 2.05) is 0 Å². The van der Waals surface area contributed by atoms with E-state index < -0.39 is 6.17 Å². The van der Waals surface area contributed by atoms with Crippen molar-refractivity contribution >= 4 is 0 Å². The highest BCUT2D eigenvalue weighted by Crippen LogP contribution is 2.32. The molecule has 1 fully saturated rings. The maximum atomic E-state index is 13.2. The number of piperazine rings is 1. The summed E-state index contributed by atoms with van der Waals surface area (Å²) in [4.78, 5) is 4.87. The van der Waals surface area contributed by atoms with Crippen LogP contribution in [0.15, 0.2) is 0 Å². The first kappa shape index (κ1) is 15.9. The van der Waals surface area contributed by atoms with E-state index in [4.69, 9.17) is 0 Å². The Morgan fingerprint density at radius 2 is 1.67 bits per heavy atom. The zero-order valence-corrected chi connectivity index (χ0v) is 13.3. The molecular formula is C15H31FN2. The minimum absolute atomic E-state index is 0.186. The van der Waals surface area contributed by atoms with Gasteiger partial charge in [0.1, 0.15) is 6.17 Å². The lowest BCUT2D eigenvalue weighted by atomic mass is 9.82. The van der Waals surface area contributed by atoms with Gasteiger partial charge in [-0.3, -0.25) is 9.80 Å². The molecule has 1 aliphatic rings. The fraction of sp³-hybridized carbons (Fsp3) is 1.00. The molecule has 2 atom stereocenters. The molecule has 108 valence electrons. The maximum absolute atomic E-state index is 13.2. The Kier molecular flexibility index (Phi) is 4.82. The molecule has 0 N–H and O–H groups in total. The van der Waals surface area contributed by atoms with E-state index in [1.165, 1.54) is 0 Å². The Hall–Kier alpha value is -0.150. The van der Waals surface area contributed by atoms with Crippen molar-refractivity contribution in [2.75, 3.05) is 26.2 Å². The lowest BCUT2D eigenvalue weighted by Crippen LogP contribution is -2.63. The summed E-state index contributed by atoms with van der Waals surface area (Å²) in [7, 11) is 0. The highest BCUT2D eigenvalue weighted by molar-refractivity contribution is 4.95. The molecular weight excluding hydrogens is 227 g/mol. The Labute approximate surface area is 113 Å². The van der Waals surface area contributed by atoms with Crippen molar-refractivity contribution in [3.63, 3.8) is 0 Å². The summed E-state index contributed by atoms with van der Waals surface area (Å²) < 4.78 is 13.2. The van der Waals surface area contributed by atoms with Crippen LogP contribution in [0, 0.1) is 5.41 Å². The first-order valence-corrected chi connectivity index (χ1v) is 7.15. The molecule has 0 radical (unpaired) electrons. The monoisotopic (exact) mass is 258 g/mol. The number of alkyl halides is 1. The second kappa shape index (κ2) is 5.46. The second-order valence-electron chi connectivity index (χ2n) is 7.79. The Balaban J connectivity index is 2.80. The van der Waals surface area contributed by atoms with E-state index in [9.17, 15) is 4.39 Å². The van der Waals surface area contributed by atoms with Crippen LogP contribution in [0.1, 0.15) is 48.5 Å². The molecule has 1 aliphatic heterocycles. The lowest BCUT2D eigenvalue weighted by Gasteiger charge is -2.52. The predicted molar refractivity (Wildman–Crippen MR) is 76.7 cm³/mol. The van der Waals surface area contributed by atoms with E-state index in [2.05, 4.69) is 51.3 Å². The van der Waals surface area contributed by atoms with Crippen LogP contribution in [0.2, 0.25) is 0 Å². The van der Waals surface area contributed by atoms with Gasteiger partial charge >= 0.3 is 0 Å². The smallest absolute Gasteiger partial charge is 0.110 e. The summed E-state index contributed by atoms with van der Waals surface area (Å²) in [5, 5.41) is 0. The molecule has 0 aromatic heterocycles. The molecule has 0 aliphatic carbocycles. The molecule has 0 aromatic carbocycles. The van der Waals surface area contributed by atoms with Crippen LogP contribution in [0.4, 0.5) is 4.39 Å². The molecule has 18 heavy (non-hydrogen) atoms. The third kappa shape index (κ3) is 4.20. The third-order valence-electron chi connectivity index (χ3n) is 3.84. The topological polar surface area (TPSA) is 6.48 Å². The lowest BCUT2D eigenvalue weighted by molar-refractivity contribution is -0.0405. The number of hydrogen-bond donors (Lipinski definition) is 0. The number of nitrogens with zero attached hydrogens (tertiary/aromatic N) is 2. The molecule has 1 unspecified atom stereocenters. The first-order chi connectivity index (χ1) is 8.01. The molecule has 0 saturated carbocycles. The van der Waals surface area contributed by atoms with E-state index in [1.54, 1.807) is 6.92 Å². The van der Waals surface area contributed by atoms with Gasteiger partial charge in [0, 0.05) is 37.8 Å². The molecule has 0 amide bonds. The fourth-order valence-electron chi connectivity index (χ4n) is 2.91. The number of halogens is 1. The van der Waals surface area contributed by atoms with E-state index in [0.717, 1.165) is 19.6 Å². The van der Waals surface area contributed by atoms with E-state index >= 15 is 0 Å². The largest absolute Gasteiger partial charge is 0.298 e. The molecule has 3 heteroatoms. The summed E-state index contributed by atoms with van der Waals surface area (Å²) in [6.45, 7) is 18.9. The van der Waals surface area contributed by atoms with Crippen molar-refractivity contribution in [1.29, 1.82) is 0 Å². The quantitative estimate of drug-likeness (QED) is 0.750. The predicted octanol–water partition coefficient (Wildman–Crippen LogP) is 3.18. The van der Waals surface area contributed by atoms with Crippen LogP contribution < -0.4 is 0 Å². The van der Waals surface area contributed by atoms with Gasteiger partial charge in [0.25, 0.3) is 0 Å². The highest BCUT2D eigenvalue weighted by atomic mass is 19.1. The maximum Gasteiger partial charge on any atom is 0.110 e. The molecule has 1 rings (SSSR count). The average molecular weight is 258 g/mol. The van der Waals surface area contributed by atoms with Crippen molar-refractivity contribution in [3.05, 3.63) is 0 Å². The van der Waals surface area contributed by atoms with Crippen molar-refractivity contribution in [2.45, 2.75) is 66.2 Å². The summed E-state index contributed by atoms with van der Waals surface area (Å²) in [6, 6.07) is 0.491. The number of hydrogen-bond acceptors (Lipinski definition) is 2. The Bertz CT molecular complexity index is 263. The zero-order chi connectivity index (χ0) is 14.1. The van der Waals surface area contributed by atoms with Crippen molar-refractivity contribution in [2.24, 2.45) is 5.41 Å². The SMILES string of the molecule is CC(F)CN1CCN(C(C)(C)C)[C@H](C(C)(C)C)C1. The van der Waals surface area contributed by atoms with Gasteiger partial charge in [-0.2, -0.15) is 0 Å². The first-order valence-electron chi connectivity index (χ1n) is 7.15. The van der Waals surface area contributed by atoms with Gasteiger partial charge in [-0.05, 0) is 33.1 Å². The van der Waals surface area contributed by atoms with Gasteiger partial charge in [0.05, 0.1) is 0 Å². The van der Waals surface area contributed by atoms with Crippen LogP contribution in [0.5, 0.6) is 0 Å². The average Bonchev–Trinajstić information content (AvgIpc) is 2.13. The van der Waals surface area contributed by atoms with E-state index in [-0.39, 0.29) is 11.0 Å². The van der Waals surface area contributed by atoms with Crippen LogP contribution in [0.25, 0.3) is 0 Å². The second-order valence-corrected chi connectivity index (χ2v) is 7.79. The molecule has 0 bridgehead atoms. The molecule has 0 spiro atoms. The van der Waals surface area contributed by atoms with Crippen LogP contribution >= 0.6 is 0 Å². The Morgan fingerprint density at radius 1 is 1.11 bits per heavy atom. The van der Waals surface area contributed by atoms with Gasteiger partial charge in [0.2, 0.25) is 0 Å². The van der Waals surface area contributed by atoms with Gasteiger partial charge in [-0.15, -0.1) is 0 Å². The third-order valence-corrected chi connectivity index (χ3v) is 3.84. The summed E-state index contributed by atoms with van der Waals surface area (Å²) in [5.74, 6) is 0. The Morgan fingerprint density at radius 3 is 2.06 bits per heavy atom. The summed E-state index contributed by atoms with van der Waals surface area (Å²) in [5.41, 5.74) is 0.414. The van der Waals surface area contributed by atoms with Gasteiger partial charge in [-0.1, -0.05) is 20.8 Å². The van der Waals surface area contributed by atoms with Crippen LogP contribution in [0.3, 0.4) is 0 Å². The van der Waals surface area contributed by atoms with Gasteiger partial charge < -0.3 is 0 Å². The van der Waals surface area contributed by atoms with Crippen molar-refractivity contribution < 1.29 is 4.39 Å². The van der Waals surface area contributed by atoms with Gasteiger partial charge in [-0.25, -0.2) is 4.39 Å². The highest BCUT2D eigenvalue weighted by Gasteiger charge is 2.40. The van der Waals surface area contributed by atoms with Crippen molar-refractivity contribution in [1.82, 2.24) is 9.80 Å². The normalized spacial score (nSPS) is 26.3. The standard InChI is InChI=1S/C15H31FN2/c1-12(16)10-17-8-9-18(15(5,6)7)13(11-17)14(2,3)4/h12-13H,8-11H2,1-7H3/t12?,13-/m0/s1. The minimum Gasteiger partial charge on any atom is -0.298 e. The zero-order valence-electron chi connectivity index (χ0n) is 13.3.